The molecule has 0 aliphatic carbocycles. The number of rotatable bonds is 4. The molecule has 1 aromatic rings. The first kappa shape index (κ1) is 13.9. The van der Waals surface area contributed by atoms with Gasteiger partial charge in [-0.15, -0.1) is 0 Å². The topological polar surface area (TPSA) is 29.3 Å². The molecule has 1 unspecified atom stereocenters. The van der Waals surface area contributed by atoms with E-state index in [0.717, 1.165) is 23.6 Å². The van der Waals surface area contributed by atoms with Crippen LogP contribution in [0.15, 0.2) is 24.3 Å². The molecule has 1 atom stereocenters. The summed E-state index contributed by atoms with van der Waals surface area (Å²) in [7, 11) is 0. The van der Waals surface area contributed by atoms with E-state index >= 15 is 0 Å². The Morgan fingerprint density at radius 2 is 2.11 bits per heavy atom. The second-order valence-corrected chi connectivity index (χ2v) is 6.23. The highest BCUT2D eigenvalue weighted by Crippen LogP contribution is 2.30. The van der Waals surface area contributed by atoms with Crippen LogP contribution in [-0.4, -0.2) is 23.5 Å². The molecule has 2 nitrogen and oxygen atoms in total. The van der Waals surface area contributed by atoms with Crippen molar-refractivity contribution in [2.45, 2.75) is 44.7 Å². The number of nitrogens with two attached hydrogens (primary N) is 1. The second kappa shape index (κ2) is 5.60. The normalized spacial score (nSPS) is 21.1. The van der Waals surface area contributed by atoms with E-state index in [9.17, 15) is 0 Å². The highest BCUT2D eigenvalue weighted by atomic mass is 35.5. The summed E-state index contributed by atoms with van der Waals surface area (Å²) in [5, 5.41) is 0.783. The minimum absolute atomic E-state index is 0.0371. The van der Waals surface area contributed by atoms with Crippen molar-refractivity contribution in [3.05, 3.63) is 34.9 Å². The van der Waals surface area contributed by atoms with Crippen LogP contribution in [0.25, 0.3) is 0 Å². The Hall–Kier alpha value is -0.570. The number of likely N-dealkylation sites (tertiary alicyclic amines) is 1. The van der Waals surface area contributed by atoms with Gasteiger partial charge in [-0.25, -0.2) is 0 Å². The fourth-order valence-electron chi connectivity index (χ4n) is 2.80. The van der Waals surface area contributed by atoms with Crippen LogP contribution in [0.4, 0.5) is 0 Å². The van der Waals surface area contributed by atoms with Gasteiger partial charge in [-0.05, 0) is 51.3 Å². The van der Waals surface area contributed by atoms with E-state index in [2.05, 4.69) is 18.7 Å². The molecule has 1 aliphatic heterocycles. The Labute approximate surface area is 115 Å². The monoisotopic (exact) mass is 266 g/mol. The first-order chi connectivity index (χ1) is 8.50. The molecule has 0 amide bonds. The van der Waals surface area contributed by atoms with Gasteiger partial charge in [-0.1, -0.05) is 29.8 Å². The zero-order valence-corrected chi connectivity index (χ0v) is 12.1. The van der Waals surface area contributed by atoms with Gasteiger partial charge in [0.25, 0.3) is 0 Å². The van der Waals surface area contributed by atoms with Crippen molar-refractivity contribution in [2.75, 3.05) is 13.1 Å². The fraction of sp³-hybridized carbons (Fsp3) is 0.600. The summed E-state index contributed by atoms with van der Waals surface area (Å²) in [5.74, 6) is 0. The summed E-state index contributed by atoms with van der Waals surface area (Å²) in [6.07, 6.45) is 3.55. The van der Waals surface area contributed by atoms with E-state index in [-0.39, 0.29) is 6.04 Å². The van der Waals surface area contributed by atoms with E-state index in [4.69, 9.17) is 17.3 Å². The van der Waals surface area contributed by atoms with Crippen LogP contribution in [0.5, 0.6) is 0 Å². The Morgan fingerprint density at radius 1 is 1.39 bits per heavy atom. The number of nitrogens with zero attached hydrogens (tertiary/aromatic N) is 1. The van der Waals surface area contributed by atoms with E-state index in [0.29, 0.717) is 5.54 Å². The molecule has 1 heterocycles. The minimum Gasteiger partial charge on any atom is -0.324 e. The molecule has 100 valence electrons. The van der Waals surface area contributed by atoms with Gasteiger partial charge < -0.3 is 5.73 Å². The average Bonchev–Trinajstić information content (AvgIpc) is 2.66. The van der Waals surface area contributed by atoms with E-state index in [1.807, 2.05) is 24.3 Å². The van der Waals surface area contributed by atoms with Gasteiger partial charge in [0.2, 0.25) is 0 Å². The van der Waals surface area contributed by atoms with Crippen molar-refractivity contribution in [1.82, 2.24) is 4.90 Å². The Bertz CT molecular complexity index is 403. The van der Waals surface area contributed by atoms with Crippen LogP contribution in [0.1, 0.15) is 44.7 Å². The third-order valence-corrected chi connectivity index (χ3v) is 4.43. The quantitative estimate of drug-likeness (QED) is 0.902. The lowest BCUT2D eigenvalue weighted by Crippen LogP contribution is -2.39. The third kappa shape index (κ3) is 3.05. The van der Waals surface area contributed by atoms with Gasteiger partial charge in [0.15, 0.2) is 0 Å². The Kier molecular flexibility index (Phi) is 4.31. The smallest absolute Gasteiger partial charge is 0.0453 e. The van der Waals surface area contributed by atoms with Gasteiger partial charge in [-0.3, -0.25) is 4.90 Å². The SMILES string of the molecule is CC1(C)CCCN1CCC(N)c1ccccc1Cl. The summed E-state index contributed by atoms with van der Waals surface area (Å²) in [5.41, 5.74) is 7.65. The summed E-state index contributed by atoms with van der Waals surface area (Å²) >= 11 is 6.18. The van der Waals surface area contributed by atoms with Crippen molar-refractivity contribution >= 4 is 11.6 Å². The predicted molar refractivity (Wildman–Crippen MR) is 77.9 cm³/mol. The maximum Gasteiger partial charge on any atom is 0.0453 e. The first-order valence-corrected chi connectivity index (χ1v) is 7.13. The summed E-state index contributed by atoms with van der Waals surface area (Å²) in [4.78, 5) is 2.55. The van der Waals surface area contributed by atoms with Gasteiger partial charge in [-0.2, -0.15) is 0 Å². The van der Waals surface area contributed by atoms with Crippen molar-refractivity contribution in [2.24, 2.45) is 5.73 Å². The van der Waals surface area contributed by atoms with Crippen molar-refractivity contribution in [3.63, 3.8) is 0 Å². The second-order valence-electron chi connectivity index (χ2n) is 5.82. The van der Waals surface area contributed by atoms with Gasteiger partial charge in [0.1, 0.15) is 0 Å². The molecular formula is C15H23ClN2. The fourth-order valence-corrected chi connectivity index (χ4v) is 3.08. The van der Waals surface area contributed by atoms with Crippen LogP contribution in [0.2, 0.25) is 5.02 Å². The van der Waals surface area contributed by atoms with Gasteiger partial charge in [0.05, 0.1) is 0 Å². The molecule has 1 aromatic carbocycles. The number of benzene rings is 1. The summed E-state index contributed by atoms with van der Waals surface area (Å²) < 4.78 is 0. The van der Waals surface area contributed by atoms with E-state index < -0.39 is 0 Å². The number of halogens is 1. The molecule has 1 saturated heterocycles. The number of hydrogen-bond donors (Lipinski definition) is 1. The maximum absolute atomic E-state index is 6.25. The van der Waals surface area contributed by atoms with E-state index in [1.165, 1.54) is 19.4 Å². The largest absolute Gasteiger partial charge is 0.324 e. The van der Waals surface area contributed by atoms with Crippen LogP contribution in [0, 0.1) is 0 Å². The Balaban J connectivity index is 1.93. The molecule has 2 N–H and O–H groups in total. The maximum atomic E-state index is 6.25. The van der Waals surface area contributed by atoms with E-state index in [1.54, 1.807) is 0 Å². The molecule has 0 radical (unpaired) electrons. The molecule has 0 aromatic heterocycles. The lowest BCUT2D eigenvalue weighted by Gasteiger charge is -2.32. The molecule has 1 aliphatic rings. The van der Waals surface area contributed by atoms with Gasteiger partial charge >= 0.3 is 0 Å². The molecule has 0 saturated carbocycles. The van der Waals surface area contributed by atoms with Crippen molar-refractivity contribution < 1.29 is 0 Å². The average molecular weight is 267 g/mol. The number of hydrogen-bond acceptors (Lipinski definition) is 2. The lowest BCUT2D eigenvalue weighted by molar-refractivity contribution is 0.169. The molecule has 3 heteroatoms. The summed E-state index contributed by atoms with van der Waals surface area (Å²) in [6.45, 7) is 6.89. The van der Waals surface area contributed by atoms with Gasteiger partial charge in [0, 0.05) is 23.1 Å². The van der Waals surface area contributed by atoms with Crippen LogP contribution in [0.3, 0.4) is 0 Å². The zero-order chi connectivity index (χ0) is 13.2. The molecular weight excluding hydrogens is 244 g/mol. The molecule has 1 fully saturated rings. The Morgan fingerprint density at radius 3 is 2.72 bits per heavy atom. The van der Waals surface area contributed by atoms with Crippen LogP contribution in [-0.2, 0) is 0 Å². The predicted octanol–water partition coefficient (Wildman–Crippen LogP) is 3.60. The zero-order valence-electron chi connectivity index (χ0n) is 11.3. The van der Waals surface area contributed by atoms with Crippen LogP contribution >= 0.6 is 11.6 Å². The highest BCUT2D eigenvalue weighted by Gasteiger charge is 2.31. The molecule has 0 bridgehead atoms. The lowest BCUT2D eigenvalue weighted by atomic mass is 10.0. The van der Waals surface area contributed by atoms with Crippen molar-refractivity contribution in [3.8, 4) is 0 Å². The third-order valence-electron chi connectivity index (χ3n) is 4.09. The summed E-state index contributed by atoms with van der Waals surface area (Å²) in [6, 6.07) is 7.93. The van der Waals surface area contributed by atoms with Crippen LogP contribution < -0.4 is 5.73 Å². The highest BCUT2D eigenvalue weighted by molar-refractivity contribution is 6.31. The molecule has 18 heavy (non-hydrogen) atoms. The minimum atomic E-state index is 0.0371. The molecule has 2 rings (SSSR count). The molecule has 0 spiro atoms. The first-order valence-electron chi connectivity index (χ1n) is 6.76. The standard InChI is InChI=1S/C15H23ClN2/c1-15(2)9-5-10-18(15)11-8-14(17)12-6-3-4-7-13(12)16/h3-4,6-7,14H,5,8-11,17H2,1-2H3. The van der Waals surface area contributed by atoms with Crippen molar-refractivity contribution in [1.29, 1.82) is 0 Å².